The van der Waals surface area contributed by atoms with Crippen LogP contribution in [0.25, 0.3) is 0 Å². The Hall–Kier alpha value is -1.68. The van der Waals surface area contributed by atoms with E-state index in [1.54, 1.807) is 12.1 Å². The van der Waals surface area contributed by atoms with Crippen LogP contribution >= 0.6 is 15.9 Å². The highest BCUT2D eigenvalue weighted by atomic mass is 79.9. The standard InChI is InChI=1S/C15H13BrFNO/c1-9-7-10(2)14(12(16)8-9)18-15(19)11-5-3-4-6-13(11)17/h3-8H,1-2H3,(H,18,19). The summed E-state index contributed by atoms with van der Waals surface area (Å²) >= 11 is 3.41. The number of benzene rings is 2. The molecule has 1 amide bonds. The van der Waals surface area contributed by atoms with Crippen molar-refractivity contribution in [2.24, 2.45) is 0 Å². The van der Waals surface area contributed by atoms with Crippen LogP contribution in [0.3, 0.4) is 0 Å². The lowest BCUT2D eigenvalue weighted by molar-refractivity contribution is 0.102. The van der Waals surface area contributed by atoms with E-state index in [9.17, 15) is 9.18 Å². The second-order valence-corrected chi connectivity index (χ2v) is 5.23. The molecule has 1 N–H and O–H groups in total. The van der Waals surface area contributed by atoms with E-state index in [-0.39, 0.29) is 5.56 Å². The first-order valence-electron chi connectivity index (χ1n) is 5.81. The number of hydrogen-bond acceptors (Lipinski definition) is 1. The molecule has 4 heteroatoms. The van der Waals surface area contributed by atoms with Crippen molar-refractivity contribution >= 4 is 27.5 Å². The minimum Gasteiger partial charge on any atom is -0.321 e. The van der Waals surface area contributed by atoms with Crippen LogP contribution in [0, 0.1) is 19.7 Å². The average molecular weight is 322 g/mol. The van der Waals surface area contributed by atoms with Gasteiger partial charge < -0.3 is 5.32 Å². The van der Waals surface area contributed by atoms with Gasteiger partial charge in [0.15, 0.2) is 0 Å². The van der Waals surface area contributed by atoms with Gasteiger partial charge in [0.2, 0.25) is 0 Å². The summed E-state index contributed by atoms with van der Waals surface area (Å²) in [7, 11) is 0. The lowest BCUT2D eigenvalue weighted by Gasteiger charge is -2.12. The Morgan fingerprint density at radius 1 is 1.21 bits per heavy atom. The average Bonchev–Trinajstić information content (AvgIpc) is 2.34. The molecule has 19 heavy (non-hydrogen) atoms. The molecule has 98 valence electrons. The third-order valence-electron chi connectivity index (χ3n) is 2.79. The van der Waals surface area contributed by atoms with Crippen LogP contribution in [-0.2, 0) is 0 Å². The van der Waals surface area contributed by atoms with Gasteiger partial charge in [-0.1, -0.05) is 18.2 Å². The second kappa shape index (κ2) is 5.53. The summed E-state index contributed by atoms with van der Waals surface area (Å²) in [6, 6.07) is 9.79. The largest absolute Gasteiger partial charge is 0.321 e. The highest BCUT2D eigenvalue weighted by molar-refractivity contribution is 9.10. The number of amides is 1. The Kier molecular flexibility index (Phi) is 4.00. The zero-order chi connectivity index (χ0) is 14.0. The van der Waals surface area contributed by atoms with Crippen molar-refractivity contribution < 1.29 is 9.18 Å². The first-order chi connectivity index (χ1) is 8.99. The van der Waals surface area contributed by atoms with Crippen LogP contribution < -0.4 is 5.32 Å². The van der Waals surface area contributed by atoms with E-state index in [4.69, 9.17) is 0 Å². The molecule has 2 rings (SSSR count). The number of nitrogens with one attached hydrogen (secondary N) is 1. The maximum Gasteiger partial charge on any atom is 0.258 e. The summed E-state index contributed by atoms with van der Waals surface area (Å²) in [5, 5.41) is 2.74. The van der Waals surface area contributed by atoms with Crippen LogP contribution in [0.4, 0.5) is 10.1 Å². The molecular weight excluding hydrogens is 309 g/mol. The fourth-order valence-electron chi connectivity index (χ4n) is 1.90. The van der Waals surface area contributed by atoms with Crippen molar-refractivity contribution in [2.75, 3.05) is 5.32 Å². The fraction of sp³-hybridized carbons (Fsp3) is 0.133. The Morgan fingerprint density at radius 2 is 1.89 bits per heavy atom. The molecule has 0 saturated carbocycles. The van der Waals surface area contributed by atoms with Gasteiger partial charge in [0, 0.05) is 4.47 Å². The smallest absolute Gasteiger partial charge is 0.258 e. The maximum atomic E-state index is 13.5. The van der Waals surface area contributed by atoms with Gasteiger partial charge in [0.1, 0.15) is 5.82 Å². The monoisotopic (exact) mass is 321 g/mol. The van der Waals surface area contributed by atoms with Gasteiger partial charge in [-0.2, -0.15) is 0 Å². The quantitative estimate of drug-likeness (QED) is 0.869. The predicted octanol–water partition coefficient (Wildman–Crippen LogP) is 4.46. The molecule has 0 spiro atoms. The van der Waals surface area contributed by atoms with E-state index >= 15 is 0 Å². The van der Waals surface area contributed by atoms with Crippen molar-refractivity contribution in [3.8, 4) is 0 Å². The molecule has 0 aliphatic carbocycles. The van der Waals surface area contributed by atoms with Gasteiger partial charge >= 0.3 is 0 Å². The van der Waals surface area contributed by atoms with Gasteiger partial charge in [-0.25, -0.2) is 4.39 Å². The van der Waals surface area contributed by atoms with Gasteiger partial charge in [-0.05, 0) is 59.1 Å². The molecule has 0 bridgehead atoms. The number of halogens is 2. The van der Waals surface area contributed by atoms with Crippen LogP contribution in [0.2, 0.25) is 0 Å². The van der Waals surface area contributed by atoms with E-state index in [2.05, 4.69) is 21.2 Å². The van der Waals surface area contributed by atoms with Crippen molar-refractivity contribution in [3.05, 3.63) is 63.4 Å². The third kappa shape index (κ3) is 3.01. The molecule has 2 aromatic rings. The fourth-order valence-corrected chi connectivity index (χ4v) is 2.67. The molecule has 2 aromatic carbocycles. The number of aryl methyl sites for hydroxylation is 2. The number of hydrogen-bond donors (Lipinski definition) is 1. The molecule has 0 unspecified atom stereocenters. The van der Waals surface area contributed by atoms with Crippen LogP contribution in [0.5, 0.6) is 0 Å². The van der Waals surface area contributed by atoms with E-state index < -0.39 is 11.7 Å². The molecule has 0 fully saturated rings. The summed E-state index contributed by atoms with van der Waals surface area (Å²) in [6.07, 6.45) is 0. The summed E-state index contributed by atoms with van der Waals surface area (Å²) in [4.78, 5) is 12.1. The summed E-state index contributed by atoms with van der Waals surface area (Å²) in [5.74, 6) is -0.980. The molecule has 0 radical (unpaired) electrons. The highest BCUT2D eigenvalue weighted by Crippen LogP contribution is 2.28. The molecule has 2 nitrogen and oxygen atoms in total. The van der Waals surface area contributed by atoms with Gasteiger partial charge in [0.05, 0.1) is 11.3 Å². The molecule has 0 saturated heterocycles. The van der Waals surface area contributed by atoms with E-state index in [0.29, 0.717) is 5.69 Å². The number of rotatable bonds is 2. The maximum absolute atomic E-state index is 13.5. The normalized spacial score (nSPS) is 10.3. The lowest BCUT2D eigenvalue weighted by Crippen LogP contribution is -2.15. The van der Waals surface area contributed by atoms with Crippen molar-refractivity contribution in [3.63, 3.8) is 0 Å². The Morgan fingerprint density at radius 3 is 2.53 bits per heavy atom. The Bertz CT molecular complexity index is 617. The molecule has 0 aromatic heterocycles. The third-order valence-corrected chi connectivity index (χ3v) is 3.41. The molecular formula is C15H13BrFNO. The Balaban J connectivity index is 2.32. The molecule has 0 aliphatic rings. The first-order valence-corrected chi connectivity index (χ1v) is 6.61. The van der Waals surface area contributed by atoms with Crippen molar-refractivity contribution in [1.82, 2.24) is 0 Å². The van der Waals surface area contributed by atoms with Crippen molar-refractivity contribution in [2.45, 2.75) is 13.8 Å². The van der Waals surface area contributed by atoms with E-state index in [1.807, 2.05) is 26.0 Å². The van der Waals surface area contributed by atoms with Gasteiger partial charge in [0.25, 0.3) is 5.91 Å². The molecule has 0 heterocycles. The number of anilines is 1. The topological polar surface area (TPSA) is 29.1 Å². The molecule has 0 aliphatic heterocycles. The lowest BCUT2D eigenvalue weighted by atomic mass is 10.1. The first kappa shape index (κ1) is 13.7. The van der Waals surface area contributed by atoms with E-state index in [0.717, 1.165) is 15.6 Å². The SMILES string of the molecule is Cc1cc(C)c(NC(=O)c2ccccc2F)c(Br)c1. The molecule has 0 atom stereocenters. The van der Waals surface area contributed by atoms with Crippen molar-refractivity contribution in [1.29, 1.82) is 0 Å². The zero-order valence-electron chi connectivity index (χ0n) is 10.6. The number of carbonyl (C=O) groups excluding carboxylic acids is 1. The minimum atomic E-state index is -0.527. The summed E-state index contributed by atoms with van der Waals surface area (Å²) in [6.45, 7) is 3.87. The second-order valence-electron chi connectivity index (χ2n) is 4.37. The zero-order valence-corrected chi connectivity index (χ0v) is 12.2. The summed E-state index contributed by atoms with van der Waals surface area (Å²) < 4.78 is 14.3. The van der Waals surface area contributed by atoms with Crippen LogP contribution in [-0.4, -0.2) is 5.91 Å². The van der Waals surface area contributed by atoms with Crippen LogP contribution in [0.15, 0.2) is 40.9 Å². The highest BCUT2D eigenvalue weighted by Gasteiger charge is 2.14. The van der Waals surface area contributed by atoms with Crippen LogP contribution in [0.1, 0.15) is 21.5 Å². The van der Waals surface area contributed by atoms with Gasteiger partial charge in [-0.3, -0.25) is 4.79 Å². The van der Waals surface area contributed by atoms with Gasteiger partial charge in [-0.15, -0.1) is 0 Å². The Labute approximate surface area is 119 Å². The summed E-state index contributed by atoms with van der Waals surface area (Å²) in [5.41, 5.74) is 2.72. The predicted molar refractivity (Wildman–Crippen MR) is 78.0 cm³/mol. The minimum absolute atomic E-state index is 0.0365. The number of carbonyl (C=O) groups is 1. The van der Waals surface area contributed by atoms with E-state index in [1.165, 1.54) is 12.1 Å².